The van der Waals surface area contributed by atoms with Crippen LogP contribution in [0.2, 0.25) is 0 Å². The Balaban J connectivity index is 1.49. The van der Waals surface area contributed by atoms with Gasteiger partial charge in [0.05, 0.1) is 6.54 Å². The van der Waals surface area contributed by atoms with Crippen LogP contribution in [0.5, 0.6) is 11.5 Å². The number of nitrogens with zero attached hydrogens (tertiary/aromatic N) is 1. The summed E-state index contributed by atoms with van der Waals surface area (Å²) in [6.45, 7) is 8.43. The van der Waals surface area contributed by atoms with E-state index in [2.05, 4.69) is 48.7 Å². The van der Waals surface area contributed by atoms with Crippen molar-refractivity contribution in [3.8, 4) is 11.5 Å². The van der Waals surface area contributed by atoms with Crippen molar-refractivity contribution in [2.45, 2.75) is 45.1 Å². The average Bonchev–Trinajstić information content (AvgIpc) is 3.45. The van der Waals surface area contributed by atoms with E-state index in [4.69, 9.17) is 19.2 Å². The van der Waals surface area contributed by atoms with Gasteiger partial charge in [-0.15, -0.1) is 11.3 Å². The van der Waals surface area contributed by atoms with Crippen molar-refractivity contribution >= 4 is 17.3 Å². The summed E-state index contributed by atoms with van der Waals surface area (Å²) < 4.78 is 16.8. The first-order valence-electron chi connectivity index (χ1n) is 10.8. The summed E-state index contributed by atoms with van der Waals surface area (Å²) in [7, 11) is 0. The molecule has 0 amide bonds. The van der Waals surface area contributed by atoms with E-state index in [1.54, 1.807) is 0 Å². The average molecular weight is 430 g/mol. The van der Waals surface area contributed by atoms with Crippen molar-refractivity contribution in [3.63, 3.8) is 0 Å². The Kier molecular flexibility index (Phi) is 6.79. The number of benzene rings is 1. The zero-order valence-electron chi connectivity index (χ0n) is 17.8. The third-order valence-corrected chi connectivity index (χ3v) is 7.05. The van der Waals surface area contributed by atoms with E-state index in [0.29, 0.717) is 13.3 Å². The fraction of sp³-hybridized carbons (Fsp3) is 0.522. The number of thiophene rings is 1. The maximum Gasteiger partial charge on any atom is 0.231 e. The number of fused-ring (bicyclic) bond motifs is 1. The molecule has 4 rings (SSSR count). The molecule has 2 aliphatic heterocycles. The molecular weight excluding hydrogens is 398 g/mol. The molecule has 7 heteroatoms. The van der Waals surface area contributed by atoms with Gasteiger partial charge in [-0.25, -0.2) is 4.99 Å². The third kappa shape index (κ3) is 4.73. The molecule has 2 N–H and O–H groups in total. The van der Waals surface area contributed by atoms with E-state index >= 15 is 0 Å². The fourth-order valence-electron chi connectivity index (χ4n) is 4.01. The lowest BCUT2D eigenvalue weighted by Crippen LogP contribution is -2.48. The molecular formula is C23H31N3O3S. The highest BCUT2D eigenvalue weighted by Gasteiger charge is 2.35. The Morgan fingerprint density at radius 2 is 1.83 bits per heavy atom. The number of hydrogen-bond donors (Lipinski definition) is 2. The molecule has 30 heavy (non-hydrogen) atoms. The predicted octanol–water partition coefficient (Wildman–Crippen LogP) is 3.84. The number of rotatable bonds is 7. The first-order chi connectivity index (χ1) is 14.7. The topological polar surface area (TPSA) is 64.1 Å². The van der Waals surface area contributed by atoms with Gasteiger partial charge in [0.2, 0.25) is 6.79 Å². The van der Waals surface area contributed by atoms with Gasteiger partial charge in [0.15, 0.2) is 17.5 Å². The Hall–Kier alpha value is -2.25. The van der Waals surface area contributed by atoms with Crippen LogP contribution < -0.4 is 20.1 Å². The molecule has 0 aliphatic carbocycles. The number of nitrogens with one attached hydrogen (secondary N) is 2. The second kappa shape index (κ2) is 9.71. The van der Waals surface area contributed by atoms with Gasteiger partial charge in [-0.3, -0.25) is 0 Å². The molecule has 3 heterocycles. The molecule has 0 atom stereocenters. The van der Waals surface area contributed by atoms with E-state index in [1.807, 2.05) is 17.4 Å². The van der Waals surface area contributed by atoms with Crippen LogP contribution in [0.4, 0.5) is 0 Å². The Bertz CT molecular complexity index is 874. The van der Waals surface area contributed by atoms with Gasteiger partial charge in [0.1, 0.15) is 0 Å². The van der Waals surface area contributed by atoms with Gasteiger partial charge < -0.3 is 24.8 Å². The van der Waals surface area contributed by atoms with Gasteiger partial charge >= 0.3 is 0 Å². The van der Waals surface area contributed by atoms with Crippen LogP contribution in [0.25, 0.3) is 0 Å². The summed E-state index contributed by atoms with van der Waals surface area (Å²) in [5, 5.41) is 7.00. The molecule has 6 nitrogen and oxygen atoms in total. The Morgan fingerprint density at radius 1 is 1.03 bits per heavy atom. The minimum absolute atomic E-state index is 0.0201. The molecule has 0 radical (unpaired) electrons. The van der Waals surface area contributed by atoms with Crippen LogP contribution in [-0.2, 0) is 23.1 Å². The minimum Gasteiger partial charge on any atom is -0.454 e. The van der Waals surface area contributed by atoms with E-state index < -0.39 is 0 Å². The molecule has 0 spiro atoms. The van der Waals surface area contributed by atoms with Crippen LogP contribution in [0.3, 0.4) is 0 Å². The van der Waals surface area contributed by atoms with Crippen LogP contribution in [0.15, 0.2) is 35.3 Å². The number of aliphatic imine (C=N–C) groups is 1. The summed E-state index contributed by atoms with van der Waals surface area (Å²) in [6.07, 6.45) is 3.00. The van der Waals surface area contributed by atoms with E-state index in [9.17, 15) is 0 Å². The Morgan fingerprint density at radius 3 is 2.60 bits per heavy atom. The van der Waals surface area contributed by atoms with Crippen molar-refractivity contribution < 1.29 is 14.2 Å². The zero-order valence-corrected chi connectivity index (χ0v) is 18.6. The van der Waals surface area contributed by atoms with Gasteiger partial charge in [-0.1, -0.05) is 13.0 Å². The van der Waals surface area contributed by atoms with Gasteiger partial charge in [0, 0.05) is 41.5 Å². The molecule has 1 aromatic carbocycles. The first kappa shape index (κ1) is 21.0. The third-order valence-electron chi connectivity index (χ3n) is 5.83. The normalized spacial score (nSPS) is 17.7. The van der Waals surface area contributed by atoms with Gasteiger partial charge in [0.25, 0.3) is 0 Å². The summed E-state index contributed by atoms with van der Waals surface area (Å²) in [4.78, 5) is 7.52. The van der Waals surface area contributed by atoms with Crippen LogP contribution >= 0.6 is 11.3 Å². The van der Waals surface area contributed by atoms with E-state index in [-0.39, 0.29) is 5.41 Å². The monoisotopic (exact) mass is 429 g/mol. The molecule has 1 fully saturated rings. The number of guanidine groups is 1. The first-order valence-corrected chi connectivity index (χ1v) is 11.6. The molecule has 162 valence electrons. The summed E-state index contributed by atoms with van der Waals surface area (Å²) >= 11 is 1.84. The van der Waals surface area contributed by atoms with Crippen molar-refractivity contribution in [3.05, 3.63) is 45.6 Å². The second-order valence-electron chi connectivity index (χ2n) is 7.73. The highest BCUT2D eigenvalue weighted by molar-refractivity contribution is 7.11. The molecule has 0 bridgehead atoms. The fourth-order valence-corrected chi connectivity index (χ4v) is 4.89. The SMILES string of the molecule is CCNC(=NCc1ccc(CC)s1)NCC1(c2ccc3c(c2)OCO3)CCOCC1. The van der Waals surface area contributed by atoms with Crippen molar-refractivity contribution in [2.75, 3.05) is 33.1 Å². The van der Waals surface area contributed by atoms with Crippen molar-refractivity contribution in [2.24, 2.45) is 4.99 Å². The number of aryl methyl sites for hydroxylation is 1. The molecule has 2 aliphatic rings. The highest BCUT2D eigenvalue weighted by atomic mass is 32.1. The molecule has 0 saturated carbocycles. The standard InChI is InChI=1S/C23H31N3O3S/c1-3-18-6-7-19(30-18)14-25-22(24-4-2)26-15-23(9-11-27-12-10-23)17-5-8-20-21(13-17)29-16-28-20/h5-8,13H,3-4,9-12,14-16H2,1-2H3,(H2,24,25,26). The molecule has 0 unspecified atom stereocenters. The Labute approximate surface area is 182 Å². The number of hydrogen-bond acceptors (Lipinski definition) is 5. The summed E-state index contributed by atoms with van der Waals surface area (Å²) in [6, 6.07) is 10.7. The molecule has 2 aromatic rings. The van der Waals surface area contributed by atoms with Crippen molar-refractivity contribution in [1.29, 1.82) is 0 Å². The maximum absolute atomic E-state index is 5.68. The highest BCUT2D eigenvalue weighted by Crippen LogP contribution is 2.40. The van der Waals surface area contributed by atoms with Gasteiger partial charge in [-0.05, 0) is 56.0 Å². The van der Waals surface area contributed by atoms with E-state index in [1.165, 1.54) is 15.3 Å². The van der Waals surface area contributed by atoms with Crippen LogP contribution in [0.1, 0.15) is 42.0 Å². The largest absolute Gasteiger partial charge is 0.454 e. The minimum atomic E-state index is -0.0201. The summed E-state index contributed by atoms with van der Waals surface area (Å²) in [5.41, 5.74) is 1.25. The second-order valence-corrected chi connectivity index (χ2v) is 8.98. The predicted molar refractivity (Wildman–Crippen MR) is 121 cm³/mol. The lowest BCUT2D eigenvalue weighted by molar-refractivity contribution is 0.0513. The van der Waals surface area contributed by atoms with Gasteiger partial charge in [-0.2, -0.15) is 0 Å². The molecule has 1 aromatic heterocycles. The lowest BCUT2D eigenvalue weighted by atomic mass is 9.74. The van der Waals surface area contributed by atoms with Crippen LogP contribution in [0, 0.1) is 0 Å². The molecule has 1 saturated heterocycles. The smallest absolute Gasteiger partial charge is 0.231 e. The zero-order chi connectivity index (χ0) is 20.8. The maximum atomic E-state index is 5.68. The van der Waals surface area contributed by atoms with Crippen LogP contribution in [-0.4, -0.2) is 39.1 Å². The number of ether oxygens (including phenoxy) is 3. The lowest BCUT2D eigenvalue weighted by Gasteiger charge is -2.38. The summed E-state index contributed by atoms with van der Waals surface area (Å²) in [5.74, 6) is 2.52. The van der Waals surface area contributed by atoms with E-state index in [0.717, 1.165) is 63.0 Å². The van der Waals surface area contributed by atoms with Crippen molar-refractivity contribution in [1.82, 2.24) is 10.6 Å². The quantitative estimate of drug-likeness (QED) is 0.517.